The summed E-state index contributed by atoms with van der Waals surface area (Å²) < 4.78 is 6.61. The number of halogens is 1. The highest BCUT2D eigenvalue weighted by Crippen LogP contribution is 2.37. The van der Waals surface area contributed by atoms with Crippen molar-refractivity contribution in [2.45, 2.75) is 11.1 Å². The normalized spacial score (nSPS) is 27.9. The van der Waals surface area contributed by atoms with E-state index in [9.17, 15) is 10.1 Å². The van der Waals surface area contributed by atoms with Crippen LogP contribution in [0.25, 0.3) is 0 Å². The van der Waals surface area contributed by atoms with Crippen molar-refractivity contribution < 1.29 is 9.66 Å². The van der Waals surface area contributed by atoms with Gasteiger partial charge in [0.05, 0.1) is 11.1 Å². The molecule has 0 amide bonds. The van der Waals surface area contributed by atoms with Gasteiger partial charge in [0, 0.05) is 25.5 Å². The Kier molecular flexibility index (Phi) is 2.95. The molecular weight excluding hydrogens is 248 g/mol. The molecule has 0 radical (unpaired) electrons. The lowest BCUT2D eigenvalue weighted by Crippen LogP contribution is -2.36. The van der Waals surface area contributed by atoms with Gasteiger partial charge < -0.3 is 4.74 Å². The van der Waals surface area contributed by atoms with Crippen molar-refractivity contribution in [1.29, 1.82) is 0 Å². The zero-order chi connectivity index (χ0) is 12.5. The molecule has 1 aliphatic rings. The summed E-state index contributed by atoms with van der Waals surface area (Å²) in [6.07, 6.45) is 7.28. The zero-order valence-electron chi connectivity index (χ0n) is 8.86. The second-order valence-corrected chi connectivity index (χ2v) is 4.01. The fraction of sp³-hybridized carbons (Fsp3) is 0.333. The Labute approximate surface area is 101 Å². The van der Waals surface area contributed by atoms with Crippen molar-refractivity contribution in [3.8, 4) is 0 Å². The average Bonchev–Trinajstić information content (AvgIpc) is 2.82. The minimum atomic E-state index is -1.34. The molecule has 0 fully saturated rings. The van der Waals surface area contributed by atoms with Crippen molar-refractivity contribution in [3.63, 3.8) is 0 Å². The highest BCUT2D eigenvalue weighted by Gasteiger charge is 2.40. The summed E-state index contributed by atoms with van der Waals surface area (Å²) in [5.41, 5.74) is -0.113. The summed E-state index contributed by atoms with van der Waals surface area (Å²) in [6, 6.07) is -0.486. The maximum absolute atomic E-state index is 10.7. The van der Waals surface area contributed by atoms with Crippen LogP contribution in [0.2, 0.25) is 0 Å². The van der Waals surface area contributed by atoms with Gasteiger partial charge in [0.2, 0.25) is 0 Å². The minimum Gasteiger partial charge on any atom is -0.357 e. The number of hydrogen-bond acceptors (Lipinski definition) is 5. The molecule has 90 valence electrons. The summed E-state index contributed by atoms with van der Waals surface area (Å²) in [5, 5.41) is 16.8. The molecule has 0 saturated carbocycles. The van der Waals surface area contributed by atoms with Crippen LogP contribution in [0.5, 0.6) is 0 Å². The summed E-state index contributed by atoms with van der Waals surface area (Å²) >= 11 is 6.21. The molecular formula is C9H9ClN4O3. The Morgan fingerprint density at radius 1 is 1.71 bits per heavy atom. The summed E-state index contributed by atoms with van der Waals surface area (Å²) in [5.74, 6) is 0. The molecule has 0 saturated heterocycles. The number of allylic oxidation sites excluding steroid dienone is 1. The largest absolute Gasteiger partial charge is 0.357 e. The molecule has 0 aromatic carbocycles. The van der Waals surface area contributed by atoms with Crippen molar-refractivity contribution in [2.75, 3.05) is 7.11 Å². The Morgan fingerprint density at radius 3 is 3.00 bits per heavy atom. The number of hydrogen-bond donors (Lipinski definition) is 0. The average molecular weight is 257 g/mol. The van der Waals surface area contributed by atoms with Crippen LogP contribution in [0.4, 0.5) is 0 Å². The minimum absolute atomic E-state index is 0.113. The van der Waals surface area contributed by atoms with Crippen LogP contribution in [-0.4, -0.2) is 32.1 Å². The van der Waals surface area contributed by atoms with Gasteiger partial charge in [-0.05, 0) is 6.08 Å². The molecule has 2 unspecified atom stereocenters. The molecule has 8 heteroatoms. The second-order valence-electron chi connectivity index (χ2n) is 3.42. The van der Waals surface area contributed by atoms with Gasteiger partial charge in [0.15, 0.2) is 5.06 Å². The lowest BCUT2D eigenvalue weighted by Gasteiger charge is -2.30. The highest BCUT2D eigenvalue weighted by atomic mass is 35.5. The molecule has 0 aliphatic heterocycles. The van der Waals surface area contributed by atoms with E-state index in [1.165, 1.54) is 30.1 Å². The molecule has 0 spiro atoms. The smallest absolute Gasteiger partial charge is 0.269 e. The number of methoxy groups -OCH3 is 1. The third kappa shape index (κ3) is 2.06. The molecule has 7 nitrogen and oxygen atoms in total. The van der Waals surface area contributed by atoms with Gasteiger partial charge in [-0.2, -0.15) is 0 Å². The summed E-state index contributed by atoms with van der Waals surface area (Å²) in [4.78, 5) is 10.2. The van der Waals surface area contributed by atoms with Crippen LogP contribution in [-0.2, 0) is 4.74 Å². The van der Waals surface area contributed by atoms with E-state index >= 15 is 0 Å². The fourth-order valence-corrected chi connectivity index (χ4v) is 1.87. The fourth-order valence-electron chi connectivity index (χ4n) is 1.58. The first-order valence-electron chi connectivity index (χ1n) is 4.72. The van der Waals surface area contributed by atoms with E-state index < -0.39 is 16.0 Å². The lowest BCUT2D eigenvalue weighted by molar-refractivity contribution is -0.420. The van der Waals surface area contributed by atoms with E-state index in [4.69, 9.17) is 16.3 Å². The SMILES string of the molecule is COC1(Cl)C=C([N+](=O)[O-])C=CC1n1ccnn1. The van der Waals surface area contributed by atoms with Crippen LogP contribution in [0.15, 0.2) is 36.3 Å². The molecule has 0 bridgehead atoms. The molecule has 1 aliphatic carbocycles. The molecule has 1 aromatic heterocycles. The van der Waals surface area contributed by atoms with E-state index in [-0.39, 0.29) is 5.70 Å². The van der Waals surface area contributed by atoms with Crippen LogP contribution >= 0.6 is 11.6 Å². The third-order valence-electron chi connectivity index (χ3n) is 2.45. The lowest BCUT2D eigenvalue weighted by atomic mass is 10.0. The predicted octanol–water partition coefficient (Wildman–Crippen LogP) is 1.13. The van der Waals surface area contributed by atoms with Gasteiger partial charge >= 0.3 is 0 Å². The maximum atomic E-state index is 10.7. The van der Waals surface area contributed by atoms with Gasteiger partial charge in [0.25, 0.3) is 5.70 Å². The van der Waals surface area contributed by atoms with Crippen LogP contribution in [0, 0.1) is 10.1 Å². The first kappa shape index (κ1) is 11.7. The number of rotatable bonds is 3. The van der Waals surface area contributed by atoms with E-state index in [0.717, 1.165) is 0 Å². The van der Waals surface area contributed by atoms with Gasteiger partial charge in [-0.1, -0.05) is 16.8 Å². The van der Waals surface area contributed by atoms with Gasteiger partial charge in [-0.25, -0.2) is 4.68 Å². The Bertz CT molecular complexity index is 484. The van der Waals surface area contributed by atoms with Crippen molar-refractivity contribution in [2.24, 2.45) is 0 Å². The van der Waals surface area contributed by atoms with E-state index in [1.54, 1.807) is 12.3 Å². The molecule has 17 heavy (non-hydrogen) atoms. The Morgan fingerprint density at radius 2 is 2.47 bits per heavy atom. The Balaban J connectivity index is 2.39. The van der Waals surface area contributed by atoms with Crippen molar-refractivity contribution in [1.82, 2.24) is 15.0 Å². The van der Waals surface area contributed by atoms with Crippen LogP contribution in [0.1, 0.15) is 6.04 Å². The number of nitrogens with zero attached hydrogens (tertiary/aromatic N) is 4. The van der Waals surface area contributed by atoms with Crippen LogP contribution < -0.4 is 0 Å². The molecule has 2 rings (SSSR count). The monoisotopic (exact) mass is 256 g/mol. The van der Waals surface area contributed by atoms with Crippen molar-refractivity contribution >= 4 is 11.6 Å². The number of aromatic nitrogens is 3. The first-order valence-corrected chi connectivity index (χ1v) is 5.10. The zero-order valence-corrected chi connectivity index (χ0v) is 9.61. The molecule has 0 N–H and O–H groups in total. The topological polar surface area (TPSA) is 83.1 Å². The van der Waals surface area contributed by atoms with Gasteiger partial charge in [-0.3, -0.25) is 10.1 Å². The maximum Gasteiger partial charge on any atom is 0.269 e. The number of nitro groups is 1. The Hall–Kier alpha value is -1.73. The van der Waals surface area contributed by atoms with Crippen molar-refractivity contribution in [3.05, 3.63) is 46.4 Å². The first-order chi connectivity index (χ1) is 8.07. The third-order valence-corrected chi connectivity index (χ3v) is 2.93. The quantitative estimate of drug-likeness (QED) is 0.460. The summed E-state index contributed by atoms with van der Waals surface area (Å²) in [6.45, 7) is 0. The van der Waals surface area contributed by atoms with Gasteiger partial charge in [0.1, 0.15) is 6.04 Å². The van der Waals surface area contributed by atoms with E-state index in [0.29, 0.717) is 0 Å². The summed E-state index contributed by atoms with van der Waals surface area (Å²) in [7, 11) is 1.38. The van der Waals surface area contributed by atoms with E-state index in [2.05, 4.69) is 10.3 Å². The highest BCUT2D eigenvalue weighted by molar-refractivity contribution is 6.24. The predicted molar refractivity (Wildman–Crippen MR) is 58.9 cm³/mol. The van der Waals surface area contributed by atoms with Gasteiger partial charge in [-0.15, -0.1) is 5.10 Å². The molecule has 1 heterocycles. The second kappa shape index (κ2) is 4.27. The van der Waals surface area contributed by atoms with E-state index in [1.807, 2.05) is 0 Å². The van der Waals surface area contributed by atoms with Crippen LogP contribution in [0.3, 0.4) is 0 Å². The molecule has 1 aromatic rings. The standard InChI is InChI=1S/C9H9ClN4O3/c1-17-9(10)6-7(14(15)16)2-3-8(9)13-5-4-11-12-13/h2-6,8H,1H3. The number of alkyl halides is 1. The number of ether oxygens (including phenoxy) is 1. The molecule has 2 atom stereocenters.